The third-order valence-electron chi connectivity index (χ3n) is 2.82. The minimum absolute atomic E-state index is 0.284. The van der Waals surface area contributed by atoms with E-state index in [4.69, 9.17) is 4.74 Å². The summed E-state index contributed by atoms with van der Waals surface area (Å²) >= 11 is 0. The Bertz CT molecular complexity index is 663. The fourth-order valence-electron chi connectivity index (χ4n) is 1.81. The fraction of sp³-hybridized carbons (Fsp3) is 0.429. The number of fused-ring (bicyclic) bond motifs is 1. The summed E-state index contributed by atoms with van der Waals surface area (Å²) in [5, 5.41) is 6.86. The number of nitrogens with zero attached hydrogens (tertiary/aromatic N) is 3. The first-order chi connectivity index (χ1) is 9.99. The highest BCUT2D eigenvalue weighted by atomic mass is 16.5. The Labute approximate surface area is 122 Å². The molecule has 2 aromatic rings. The van der Waals surface area contributed by atoms with Gasteiger partial charge in [-0.1, -0.05) is 13.8 Å². The quantitative estimate of drug-likeness (QED) is 0.829. The van der Waals surface area contributed by atoms with E-state index in [2.05, 4.69) is 15.4 Å². The molecule has 0 spiro atoms. The van der Waals surface area contributed by atoms with E-state index in [-0.39, 0.29) is 18.1 Å². The lowest BCUT2D eigenvalue weighted by Crippen LogP contribution is -2.31. The number of ether oxygens (including phenoxy) is 1. The maximum Gasteiger partial charge on any atom is 0.344 e. The molecule has 0 fully saturated rings. The van der Waals surface area contributed by atoms with E-state index in [1.165, 1.54) is 4.52 Å². The highest BCUT2D eigenvalue weighted by Gasteiger charge is 2.20. The first-order valence-corrected chi connectivity index (χ1v) is 6.72. The molecule has 1 amide bonds. The molecule has 0 aliphatic heterocycles. The third-order valence-corrected chi connectivity index (χ3v) is 2.82. The van der Waals surface area contributed by atoms with E-state index in [9.17, 15) is 9.59 Å². The number of carbonyl (C=O) groups excluding carboxylic acids is 2. The highest BCUT2D eigenvalue weighted by Crippen LogP contribution is 2.13. The number of esters is 1. The summed E-state index contributed by atoms with van der Waals surface area (Å²) in [6.45, 7) is 5.91. The number of carbonyl (C=O) groups is 2. The van der Waals surface area contributed by atoms with Crippen molar-refractivity contribution in [3.8, 4) is 0 Å². The molecule has 7 nitrogen and oxygen atoms in total. The van der Waals surface area contributed by atoms with Gasteiger partial charge in [0.1, 0.15) is 5.56 Å². The molecule has 0 radical (unpaired) electrons. The maximum absolute atomic E-state index is 12.1. The van der Waals surface area contributed by atoms with Crippen LogP contribution in [0.15, 0.2) is 18.5 Å². The molecule has 0 saturated carbocycles. The van der Waals surface area contributed by atoms with Gasteiger partial charge in [-0.05, 0) is 18.9 Å². The minimum Gasteiger partial charge on any atom is -0.452 e. The van der Waals surface area contributed by atoms with Gasteiger partial charge in [-0.3, -0.25) is 4.79 Å². The van der Waals surface area contributed by atoms with E-state index < -0.39 is 5.97 Å². The Hall–Kier alpha value is -2.44. The second-order valence-corrected chi connectivity index (χ2v) is 5.12. The van der Waals surface area contributed by atoms with Crippen molar-refractivity contribution in [1.29, 1.82) is 0 Å². The molecule has 0 atom stereocenters. The molecule has 0 bridgehead atoms. The number of amides is 1. The van der Waals surface area contributed by atoms with Crippen LogP contribution < -0.4 is 5.32 Å². The summed E-state index contributed by atoms with van der Waals surface area (Å²) in [5.74, 6) is -0.573. The first kappa shape index (κ1) is 15.0. The smallest absolute Gasteiger partial charge is 0.344 e. The van der Waals surface area contributed by atoms with Gasteiger partial charge < -0.3 is 10.1 Å². The summed E-state index contributed by atoms with van der Waals surface area (Å²) in [7, 11) is 0. The van der Waals surface area contributed by atoms with Crippen LogP contribution >= 0.6 is 0 Å². The van der Waals surface area contributed by atoms with Crippen molar-refractivity contribution in [3.05, 3.63) is 29.7 Å². The number of hydrogen-bond acceptors (Lipinski definition) is 5. The van der Waals surface area contributed by atoms with Crippen molar-refractivity contribution < 1.29 is 14.3 Å². The van der Waals surface area contributed by atoms with Gasteiger partial charge >= 0.3 is 5.97 Å². The van der Waals surface area contributed by atoms with Crippen LogP contribution in [0.25, 0.3) is 5.65 Å². The predicted molar refractivity (Wildman–Crippen MR) is 75.9 cm³/mol. The summed E-state index contributed by atoms with van der Waals surface area (Å²) in [6.07, 6.45) is 3.27. The summed E-state index contributed by atoms with van der Waals surface area (Å²) in [5.41, 5.74) is 1.22. The van der Waals surface area contributed by atoms with Crippen LogP contribution in [0, 0.1) is 12.8 Å². The van der Waals surface area contributed by atoms with Gasteiger partial charge in [0.15, 0.2) is 12.3 Å². The first-order valence-electron chi connectivity index (χ1n) is 6.72. The molecule has 1 N–H and O–H groups in total. The molecule has 2 aromatic heterocycles. The number of nitrogens with one attached hydrogen (secondary N) is 1. The van der Waals surface area contributed by atoms with Crippen molar-refractivity contribution in [2.24, 2.45) is 5.92 Å². The van der Waals surface area contributed by atoms with E-state index in [1.54, 1.807) is 25.4 Å². The van der Waals surface area contributed by atoms with Crippen LogP contribution in [0.1, 0.15) is 29.9 Å². The molecule has 0 unspecified atom stereocenters. The van der Waals surface area contributed by atoms with Crippen LogP contribution in [-0.4, -0.2) is 39.6 Å². The van der Waals surface area contributed by atoms with Crippen LogP contribution in [0.4, 0.5) is 0 Å². The highest BCUT2D eigenvalue weighted by molar-refractivity contribution is 5.98. The Morgan fingerprint density at radius 3 is 2.90 bits per heavy atom. The zero-order valence-electron chi connectivity index (χ0n) is 12.3. The van der Waals surface area contributed by atoms with Crippen LogP contribution in [-0.2, 0) is 9.53 Å². The van der Waals surface area contributed by atoms with Crippen molar-refractivity contribution in [3.63, 3.8) is 0 Å². The van der Waals surface area contributed by atoms with Gasteiger partial charge in [0, 0.05) is 18.9 Å². The number of aryl methyl sites for hydroxylation is 1. The van der Waals surface area contributed by atoms with Gasteiger partial charge in [0.2, 0.25) is 0 Å². The van der Waals surface area contributed by atoms with Gasteiger partial charge in [-0.25, -0.2) is 14.3 Å². The molecule has 21 heavy (non-hydrogen) atoms. The molecule has 0 aliphatic carbocycles. The van der Waals surface area contributed by atoms with Gasteiger partial charge in [0.05, 0.1) is 5.69 Å². The Morgan fingerprint density at radius 1 is 1.43 bits per heavy atom. The number of aromatic nitrogens is 3. The Kier molecular flexibility index (Phi) is 4.52. The average Bonchev–Trinajstić information content (AvgIpc) is 2.78. The lowest BCUT2D eigenvalue weighted by molar-refractivity contribution is -0.124. The normalized spacial score (nSPS) is 10.9. The molecule has 2 heterocycles. The molecule has 7 heteroatoms. The van der Waals surface area contributed by atoms with Crippen LogP contribution in [0.3, 0.4) is 0 Å². The largest absolute Gasteiger partial charge is 0.452 e. The van der Waals surface area contributed by atoms with Crippen LogP contribution in [0.5, 0.6) is 0 Å². The van der Waals surface area contributed by atoms with Gasteiger partial charge in [-0.2, -0.15) is 5.10 Å². The van der Waals surface area contributed by atoms with Crippen molar-refractivity contribution >= 4 is 17.5 Å². The van der Waals surface area contributed by atoms with E-state index in [0.717, 1.165) is 0 Å². The Morgan fingerprint density at radius 2 is 2.19 bits per heavy atom. The predicted octanol–water partition coefficient (Wildman–Crippen LogP) is 0.967. The molecule has 0 saturated heterocycles. The lowest BCUT2D eigenvalue weighted by Gasteiger charge is -2.08. The van der Waals surface area contributed by atoms with Crippen molar-refractivity contribution in [2.75, 3.05) is 13.2 Å². The molecular weight excluding hydrogens is 272 g/mol. The monoisotopic (exact) mass is 290 g/mol. The van der Waals surface area contributed by atoms with E-state index in [1.807, 2.05) is 13.8 Å². The summed E-state index contributed by atoms with van der Waals surface area (Å²) in [4.78, 5) is 27.7. The SMILES string of the molecule is Cc1nn2cccnc2c1C(=O)OCC(=O)NCC(C)C. The summed E-state index contributed by atoms with van der Waals surface area (Å²) in [6, 6.07) is 1.72. The zero-order chi connectivity index (χ0) is 15.4. The van der Waals surface area contributed by atoms with Crippen molar-refractivity contribution in [1.82, 2.24) is 19.9 Å². The fourth-order valence-corrected chi connectivity index (χ4v) is 1.81. The summed E-state index contributed by atoms with van der Waals surface area (Å²) < 4.78 is 6.53. The Balaban J connectivity index is 2.03. The molecule has 112 valence electrons. The molecule has 0 aliphatic rings. The van der Waals surface area contributed by atoms with E-state index in [0.29, 0.717) is 23.8 Å². The topological polar surface area (TPSA) is 85.6 Å². The minimum atomic E-state index is -0.596. The second-order valence-electron chi connectivity index (χ2n) is 5.12. The molecule has 2 rings (SSSR count). The lowest BCUT2D eigenvalue weighted by atomic mass is 10.2. The third kappa shape index (κ3) is 3.56. The van der Waals surface area contributed by atoms with E-state index >= 15 is 0 Å². The maximum atomic E-state index is 12.1. The standard InChI is InChI=1S/C14H18N4O3/c1-9(2)7-16-11(19)8-21-14(20)12-10(3)17-18-6-4-5-15-13(12)18/h4-6,9H,7-8H2,1-3H3,(H,16,19). The zero-order valence-corrected chi connectivity index (χ0v) is 12.3. The number of rotatable bonds is 5. The molecular formula is C14H18N4O3. The number of hydrogen-bond donors (Lipinski definition) is 1. The van der Waals surface area contributed by atoms with Crippen molar-refractivity contribution in [2.45, 2.75) is 20.8 Å². The van der Waals surface area contributed by atoms with Gasteiger partial charge in [0.25, 0.3) is 5.91 Å². The molecule has 0 aromatic carbocycles. The average molecular weight is 290 g/mol. The van der Waals surface area contributed by atoms with Gasteiger partial charge in [-0.15, -0.1) is 0 Å². The second kappa shape index (κ2) is 6.34. The van der Waals surface area contributed by atoms with Crippen LogP contribution in [0.2, 0.25) is 0 Å².